The van der Waals surface area contributed by atoms with E-state index in [1.165, 1.54) is 23.2 Å². The first kappa shape index (κ1) is 44.3. The first-order chi connectivity index (χ1) is 26.9. The van der Waals surface area contributed by atoms with Crippen molar-refractivity contribution in [2.75, 3.05) is 0 Å². The van der Waals surface area contributed by atoms with E-state index in [4.69, 9.17) is 4.74 Å². The molecular formula is C40H55N7O10. The van der Waals surface area contributed by atoms with E-state index < -0.39 is 75.1 Å². The van der Waals surface area contributed by atoms with Gasteiger partial charge in [-0.3, -0.25) is 34.4 Å². The molecule has 4 rings (SSSR count). The van der Waals surface area contributed by atoms with Gasteiger partial charge in [0.2, 0.25) is 11.8 Å². The number of rotatable bonds is 18. The minimum Gasteiger partial charge on any atom is -0.444 e. The van der Waals surface area contributed by atoms with Gasteiger partial charge in [-0.05, 0) is 57.1 Å². The predicted molar refractivity (Wildman–Crippen MR) is 210 cm³/mol. The van der Waals surface area contributed by atoms with Gasteiger partial charge in [0, 0.05) is 30.8 Å². The fraction of sp³-hybridized carbons (Fsp3) is 0.550. The number of alkyl carbamates (subject to hydrolysis) is 1. The standard InChI is InChI=1S/C40H55N7O10/c1-25(2)18-35(48)36(49)30(19-26-12-8-6-9-13-26)42-38(51)32(21-29-23-41-24-45(29)33-17-16-28(46(53)54)22-34(33)47(55)56)43-37(50)31(20-27-14-10-7-11-15-27)44-39(52)57-40(3,4)5/h7,10-11,14-17,22-26,30-32,35-36,48-49H,6,8-9,12-13,18-21H2,1-5H3,(H,42,51)(H,43,50)(H,44,52)/t30-,31-,32-,35-,36+/m0/s1. The predicted octanol–water partition coefficient (Wildman–Crippen LogP) is 5.08. The van der Waals surface area contributed by atoms with Gasteiger partial charge in [-0.2, -0.15) is 0 Å². The van der Waals surface area contributed by atoms with Crippen molar-refractivity contribution in [3.05, 3.63) is 92.5 Å². The van der Waals surface area contributed by atoms with Crippen molar-refractivity contribution in [1.82, 2.24) is 25.5 Å². The average molecular weight is 794 g/mol. The third kappa shape index (κ3) is 13.3. The summed E-state index contributed by atoms with van der Waals surface area (Å²) in [6, 6.07) is 8.49. The van der Waals surface area contributed by atoms with Gasteiger partial charge >= 0.3 is 6.09 Å². The van der Waals surface area contributed by atoms with Crippen molar-refractivity contribution < 1.29 is 39.2 Å². The number of aliphatic hydroxyl groups excluding tert-OH is 2. The van der Waals surface area contributed by atoms with Crippen molar-refractivity contribution in [2.24, 2.45) is 11.8 Å². The number of aromatic nitrogens is 2. The molecule has 1 aliphatic rings. The Kier molecular flexibility index (Phi) is 15.6. The maximum absolute atomic E-state index is 14.5. The number of hydrogen-bond donors (Lipinski definition) is 5. The molecule has 1 fully saturated rings. The van der Waals surface area contributed by atoms with Crippen molar-refractivity contribution in [3.63, 3.8) is 0 Å². The molecule has 3 aromatic rings. The Morgan fingerprint density at radius 2 is 1.56 bits per heavy atom. The maximum atomic E-state index is 14.5. The molecule has 2 aromatic carbocycles. The number of carbonyl (C=O) groups excluding carboxylic acids is 3. The van der Waals surface area contributed by atoms with Crippen molar-refractivity contribution >= 4 is 29.3 Å². The van der Waals surface area contributed by atoms with E-state index in [-0.39, 0.29) is 42.5 Å². The van der Waals surface area contributed by atoms with Crippen LogP contribution >= 0.6 is 0 Å². The number of imidazole rings is 1. The molecule has 0 spiro atoms. The Bertz CT molecular complexity index is 1840. The molecule has 17 nitrogen and oxygen atoms in total. The number of aliphatic hydroxyl groups is 2. The van der Waals surface area contributed by atoms with Crippen LogP contribution in [-0.4, -0.2) is 83.5 Å². The van der Waals surface area contributed by atoms with Gasteiger partial charge < -0.3 is 30.9 Å². The molecule has 0 aliphatic heterocycles. The number of non-ortho nitro benzene ring substituents is 1. The van der Waals surface area contributed by atoms with Gasteiger partial charge in [0.05, 0.1) is 34.4 Å². The molecule has 0 radical (unpaired) electrons. The Morgan fingerprint density at radius 3 is 2.18 bits per heavy atom. The third-order valence-corrected chi connectivity index (χ3v) is 9.84. The lowest BCUT2D eigenvalue weighted by Crippen LogP contribution is -2.58. The molecule has 3 amide bonds. The minimum absolute atomic E-state index is 0.0254. The number of ether oxygens (including phenoxy) is 1. The molecule has 1 aliphatic carbocycles. The summed E-state index contributed by atoms with van der Waals surface area (Å²) >= 11 is 0. The van der Waals surface area contributed by atoms with E-state index in [1.54, 1.807) is 51.1 Å². The van der Waals surface area contributed by atoms with Crippen LogP contribution in [0.3, 0.4) is 0 Å². The van der Waals surface area contributed by atoms with E-state index in [0.29, 0.717) is 12.0 Å². The smallest absolute Gasteiger partial charge is 0.408 e. The van der Waals surface area contributed by atoms with Crippen molar-refractivity contribution in [1.29, 1.82) is 0 Å². The van der Waals surface area contributed by atoms with Crippen LogP contribution in [0.1, 0.15) is 90.8 Å². The zero-order valence-corrected chi connectivity index (χ0v) is 33.1. The van der Waals surface area contributed by atoms with Gasteiger partial charge in [0.15, 0.2) is 0 Å². The lowest BCUT2D eigenvalue weighted by molar-refractivity contribution is -0.394. The molecular weight excluding hydrogens is 738 g/mol. The lowest BCUT2D eigenvalue weighted by atomic mass is 9.82. The quantitative estimate of drug-likeness (QED) is 0.0841. The Balaban J connectivity index is 1.73. The summed E-state index contributed by atoms with van der Waals surface area (Å²) in [4.78, 5) is 67.9. The van der Waals surface area contributed by atoms with Crippen molar-refractivity contribution in [2.45, 2.75) is 128 Å². The molecule has 310 valence electrons. The highest BCUT2D eigenvalue weighted by atomic mass is 16.6. The summed E-state index contributed by atoms with van der Waals surface area (Å²) in [5.74, 6) is -1.24. The highest BCUT2D eigenvalue weighted by Crippen LogP contribution is 2.30. The zero-order chi connectivity index (χ0) is 41.9. The number of nitrogens with one attached hydrogen (secondary N) is 3. The van der Waals surface area contributed by atoms with Crippen LogP contribution in [0.2, 0.25) is 0 Å². The van der Waals surface area contributed by atoms with E-state index in [1.807, 2.05) is 13.8 Å². The van der Waals surface area contributed by atoms with Crippen LogP contribution in [0.5, 0.6) is 0 Å². The van der Waals surface area contributed by atoms with E-state index in [2.05, 4.69) is 20.9 Å². The summed E-state index contributed by atoms with van der Waals surface area (Å²) in [6.07, 6.45) is 4.52. The minimum atomic E-state index is -1.41. The molecule has 0 unspecified atom stereocenters. The highest BCUT2D eigenvalue weighted by molar-refractivity contribution is 5.91. The molecule has 57 heavy (non-hydrogen) atoms. The number of nitro groups is 2. The van der Waals surface area contributed by atoms with Gasteiger partial charge in [0.25, 0.3) is 11.4 Å². The second-order valence-electron chi connectivity index (χ2n) is 16.1. The number of amides is 3. The Labute approximate surface area is 331 Å². The average Bonchev–Trinajstić information content (AvgIpc) is 3.61. The molecule has 0 saturated heterocycles. The summed E-state index contributed by atoms with van der Waals surface area (Å²) < 4.78 is 6.74. The number of hydrogen-bond acceptors (Lipinski definition) is 11. The van der Waals surface area contributed by atoms with E-state index >= 15 is 0 Å². The second kappa shape index (κ2) is 20.1. The highest BCUT2D eigenvalue weighted by Gasteiger charge is 2.35. The third-order valence-electron chi connectivity index (χ3n) is 9.84. The van der Waals surface area contributed by atoms with E-state index in [9.17, 15) is 44.8 Å². The summed E-state index contributed by atoms with van der Waals surface area (Å²) in [7, 11) is 0. The van der Waals surface area contributed by atoms with Crippen LogP contribution in [0, 0.1) is 32.1 Å². The topological polar surface area (TPSA) is 241 Å². The lowest BCUT2D eigenvalue weighted by Gasteiger charge is -2.34. The van der Waals surface area contributed by atoms with Crippen LogP contribution in [-0.2, 0) is 27.2 Å². The Morgan fingerprint density at radius 1 is 0.912 bits per heavy atom. The van der Waals surface area contributed by atoms with Crippen LogP contribution in [0.25, 0.3) is 5.69 Å². The molecule has 1 aromatic heterocycles. The molecule has 5 N–H and O–H groups in total. The van der Waals surface area contributed by atoms with Crippen LogP contribution in [0.15, 0.2) is 61.1 Å². The molecule has 17 heteroatoms. The maximum Gasteiger partial charge on any atom is 0.408 e. The van der Waals surface area contributed by atoms with Gasteiger partial charge in [0.1, 0.15) is 29.5 Å². The van der Waals surface area contributed by atoms with Gasteiger partial charge in [-0.15, -0.1) is 0 Å². The molecule has 5 atom stereocenters. The van der Waals surface area contributed by atoms with Crippen LogP contribution in [0.4, 0.5) is 16.2 Å². The molecule has 1 heterocycles. The summed E-state index contributed by atoms with van der Waals surface area (Å²) in [5, 5.41) is 54.3. The number of nitro benzene ring substituents is 2. The fourth-order valence-electron chi connectivity index (χ4n) is 7.10. The van der Waals surface area contributed by atoms with Gasteiger partial charge in [-0.1, -0.05) is 76.3 Å². The summed E-state index contributed by atoms with van der Waals surface area (Å²) in [6.45, 7) is 8.84. The second-order valence-corrected chi connectivity index (χ2v) is 16.1. The molecule has 0 bridgehead atoms. The fourth-order valence-corrected chi connectivity index (χ4v) is 7.10. The monoisotopic (exact) mass is 793 g/mol. The first-order valence-corrected chi connectivity index (χ1v) is 19.4. The first-order valence-electron chi connectivity index (χ1n) is 19.4. The van der Waals surface area contributed by atoms with Crippen LogP contribution < -0.4 is 16.0 Å². The number of nitrogens with zero attached hydrogens (tertiary/aromatic N) is 4. The number of benzene rings is 2. The van der Waals surface area contributed by atoms with Crippen molar-refractivity contribution in [3.8, 4) is 5.69 Å². The molecule has 1 saturated carbocycles. The number of carbonyl (C=O) groups is 3. The summed E-state index contributed by atoms with van der Waals surface area (Å²) in [5.41, 5.74) is -1.12. The SMILES string of the molecule is CC(C)C[C@H](O)[C@H](O)[C@H](CC1CCCCC1)NC(=O)[C@H](Cc1cncn1-c1ccc([N+](=O)[O-])cc1[N+](=O)[O-])NC(=O)[C@H](Cc1ccccc1)NC(=O)OC(C)(C)C. The largest absolute Gasteiger partial charge is 0.444 e. The van der Waals surface area contributed by atoms with E-state index in [0.717, 1.165) is 44.2 Å². The Hall–Kier alpha value is -5.42. The normalized spacial score (nSPS) is 16.1. The van der Waals surface area contributed by atoms with Gasteiger partial charge in [-0.25, -0.2) is 9.78 Å². The zero-order valence-electron chi connectivity index (χ0n) is 33.1.